The van der Waals surface area contributed by atoms with Crippen LogP contribution in [0.5, 0.6) is 0 Å². The molecule has 0 heterocycles. The molecule has 0 saturated heterocycles. The maximum atomic E-state index is 5.26. The number of hydrogen-bond acceptors (Lipinski definition) is 4. The van der Waals surface area contributed by atoms with Crippen molar-refractivity contribution in [2.24, 2.45) is 21.9 Å². The van der Waals surface area contributed by atoms with Crippen molar-refractivity contribution in [2.75, 3.05) is 26.3 Å². The van der Waals surface area contributed by atoms with Gasteiger partial charge in [-0.15, -0.1) is 0 Å². The van der Waals surface area contributed by atoms with E-state index in [2.05, 4.69) is 29.5 Å². The summed E-state index contributed by atoms with van der Waals surface area (Å²) in [6.07, 6.45) is 4.89. The van der Waals surface area contributed by atoms with Crippen LogP contribution in [0.2, 0.25) is 0 Å². The van der Waals surface area contributed by atoms with Gasteiger partial charge in [0.2, 0.25) is 0 Å². The Labute approximate surface area is 123 Å². The van der Waals surface area contributed by atoms with Gasteiger partial charge in [-0.25, -0.2) is 0 Å². The third kappa shape index (κ3) is 29.3. The molecule has 0 unspecified atom stereocenters. The molecule has 0 amide bonds. The molecule has 0 rings (SSSR count). The molecule has 0 spiro atoms. The minimum absolute atomic E-state index is 0. The van der Waals surface area contributed by atoms with Crippen molar-refractivity contribution in [3.05, 3.63) is 13.3 Å². The first-order valence-corrected chi connectivity index (χ1v) is 5.25. The smallest absolute Gasteiger partial charge is 0.384 e. The zero-order valence-electron chi connectivity index (χ0n) is 10.2. The average Bonchev–Trinajstić information content (AvgIpc) is 2.27. The molecular weight excluding hydrogens is 430 g/mol. The van der Waals surface area contributed by atoms with Gasteiger partial charge < -0.3 is 29.7 Å². The molecule has 0 fully saturated rings. The molecule has 0 aliphatic rings. The molecule has 4 N–H and O–H groups in total. The van der Waals surface area contributed by atoms with Crippen LogP contribution in [0.25, 0.3) is 0 Å². The summed E-state index contributed by atoms with van der Waals surface area (Å²) in [7, 11) is 0. The van der Waals surface area contributed by atoms with Gasteiger partial charge in [-0.1, -0.05) is 5.22 Å². The molecule has 5 nitrogen and oxygen atoms in total. The van der Waals surface area contributed by atoms with Crippen LogP contribution >= 0.6 is 0 Å². The van der Waals surface area contributed by atoms with Gasteiger partial charge in [0.15, 0.2) is 0 Å². The molecule has 0 atom stereocenters. The maximum absolute atomic E-state index is 5.26. The van der Waals surface area contributed by atoms with E-state index in [-0.39, 0.29) is 31.1 Å². The van der Waals surface area contributed by atoms with Crippen LogP contribution < -0.4 is 11.6 Å². The van der Waals surface area contributed by atoms with Crippen LogP contribution in [-0.2, 0) is 4.74 Å². The Bertz CT molecular complexity index is 119. The average molecular weight is 454 g/mol. The standard InChI is InChI=1S/C7H16NO.C3H8N3.U/c1-2-3-6-9-7-4-5-8;1-2-3-5-6-4;/h2H,3-8H2,1H3;1-3H2,(H2,4,5);/q2*-1;+2. The maximum Gasteiger partial charge on any atom is 2.00 e. The zero-order valence-corrected chi connectivity index (χ0v) is 14.4. The third-order valence-corrected chi connectivity index (χ3v) is 1.38. The Hall–Kier alpha value is 0.372. The van der Waals surface area contributed by atoms with Gasteiger partial charge in [0.25, 0.3) is 0 Å². The Morgan fingerprint density at radius 1 is 1.38 bits per heavy atom. The molecule has 0 aliphatic heterocycles. The number of unbranched alkanes of at least 4 members (excludes halogenated alkanes) is 1. The van der Waals surface area contributed by atoms with E-state index in [4.69, 9.17) is 10.5 Å². The Balaban J connectivity index is -0.000000214. The quantitative estimate of drug-likeness (QED) is 0.192. The second-order valence-electron chi connectivity index (χ2n) is 2.79. The summed E-state index contributed by atoms with van der Waals surface area (Å²) in [5.41, 5.74) is 5.26. The van der Waals surface area contributed by atoms with Crippen LogP contribution in [0, 0.1) is 44.5 Å². The molecule has 0 aromatic rings. The van der Waals surface area contributed by atoms with Crippen LogP contribution in [0.1, 0.15) is 26.2 Å². The van der Waals surface area contributed by atoms with Crippen LogP contribution in [0.15, 0.2) is 10.3 Å². The third-order valence-electron chi connectivity index (χ3n) is 1.38. The van der Waals surface area contributed by atoms with Crippen molar-refractivity contribution in [2.45, 2.75) is 26.2 Å². The van der Waals surface area contributed by atoms with Crippen molar-refractivity contribution in [3.8, 4) is 0 Å². The summed E-state index contributed by atoms with van der Waals surface area (Å²) in [4.78, 5) is 0. The predicted octanol–water partition coefficient (Wildman–Crippen LogP) is 1.50. The van der Waals surface area contributed by atoms with Crippen LogP contribution in [0.4, 0.5) is 0 Å². The molecule has 0 aromatic carbocycles. The molecule has 0 saturated carbocycles. The minimum atomic E-state index is 0. The Kier molecular flexibility index (Phi) is 33.2. The largest absolute Gasteiger partial charge is 2.00 e. The molecule has 0 bridgehead atoms. The van der Waals surface area contributed by atoms with E-state index in [0.717, 1.165) is 39.0 Å². The summed E-state index contributed by atoms with van der Waals surface area (Å²) < 4.78 is 5.20. The van der Waals surface area contributed by atoms with E-state index in [1.165, 1.54) is 0 Å². The summed E-state index contributed by atoms with van der Waals surface area (Å²) >= 11 is 0. The predicted molar refractivity (Wildman–Crippen MR) is 63.0 cm³/mol. The van der Waals surface area contributed by atoms with Crippen molar-refractivity contribution >= 4 is 0 Å². The first-order valence-electron chi connectivity index (χ1n) is 5.25. The molecular formula is C10H24N4OU. The van der Waals surface area contributed by atoms with E-state index in [1.54, 1.807) is 0 Å². The summed E-state index contributed by atoms with van der Waals surface area (Å²) in [6, 6.07) is 0. The van der Waals surface area contributed by atoms with Gasteiger partial charge in [-0.3, -0.25) is 0 Å². The summed E-state index contributed by atoms with van der Waals surface area (Å²) in [5.74, 6) is 4.65. The van der Waals surface area contributed by atoms with Crippen LogP contribution in [-0.4, -0.2) is 26.3 Å². The summed E-state index contributed by atoms with van der Waals surface area (Å²) in [6.45, 7) is 8.57. The molecule has 0 aliphatic carbocycles. The minimum Gasteiger partial charge on any atom is -0.384 e. The number of nitrogens with two attached hydrogens (primary N) is 2. The number of ether oxygens (including phenoxy) is 1. The van der Waals surface area contributed by atoms with Crippen molar-refractivity contribution < 1.29 is 35.9 Å². The fraction of sp³-hybridized carbons (Fsp3) is 0.800. The van der Waals surface area contributed by atoms with Crippen molar-refractivity contribution in [1.29, 1.82) is 0 Å². The van der Waals surface area contributed by atoms with E-state index >= 15 is 0 Å². The van der Waals surface area contributed by atoms with E-state index in [1.807, 2.05) is 6.92 Å². The van der Waals surface area contributed by atoms with Crippen LogP contribution in [0.3, 0.4) is 0 Å². The first-order chi connectivity index (χ1) is 7.33. The summed E-state index contributed by atoms with van der Waals surface area (Å²) in [5, 5.41) is 6.44. The number of nitrogens with zero attached hydrogens (tertiary/aromatic N) is 2. The Morgan fingerprint density at radius 3 is 2.44 bits per heavy atom. The number of rotatable bonds is 8. The normalized spacial score (nSPS) is 9.44. The first kappa shape index (κ1) is 21.6. The SMILES string of the molecule is C[CH-]CCOCCCN.[CH2-]CCN=NN.[U+2]. The van der Waals surface area contributed by atoms with E-state index < -0.39 is 0 Å². The second-order valence-corrected chi connectivity index (χ2v) is 2.79. The second kappa shape index (κ2) is 24.6. The number of hydrogen-bond donors (Lipinski definition) is 2. The van der Waals surface area contributed by atoms with E-state index in [9.17, 15) is 0 Å². The van der Waals surface area contributed by atoms with Gasteiger partial charge in [0.1, 0.15) is 0 Å². The molecule has 0 aromatic heterocycles. The van der Waals surface area contributed by atoms with Gasteiger partial charge in [0.05, 0.1) is 0 Å². The molecule has 0 radical (unpaired) electrons. The molecule has 16 heavy (non-hydrogen) atoms. The van der Waals surface area contributed by atoms with Gasteiger partial charge in [-0.05, 0) is 13.0 Å². The zero-order chi connectivity index (χ0) is 11.8. The van der Waals surface area contributed by atoms with Gasteiger partial charge >= 0.3 is 31.1 Å². The monoisotopic (exact) mass is 454 g/mol. The van der Waals surface area contributed by atoms with Crippen molar-refractivity contribution in [3.63, 3.8) is 0 Å². The molecule has 6 heteroatoms. The van der Waals surface area contributed by atoms with Gasteiger partial charge in [-0.2, -0.15) is 24.9 Å². The fourth-order valence-corrected chi connectivity index (χ4v) is 0.617. The fourth-order valence-electron chi connectivity index (χ4n) is 0.617. The van der Waals surface area contributed by atoms with Crippen molar-refractivity contribution in [1.82, 2.24) is 0 Å². The van der Waals surface area contributed by atoms with Gasteiger partial charge in [0, 0.05) is 19.8 Å². The van der Waals surface area contributed by atoms with E-state index in [0.29, 0.717) is 6.54 Å². The topological polar surface area (TPSA) is 86.0 Å². The molecule has 94 valence electrons. The Morgan fingerprint density at radius 2 is 2.06 bits per heavy atom.